The van der Waals surface area contributed by atoms with Gasteiger partial charge in [0.05, 0.1) is 0 Å². The normalized spacial score (nSPS) is 20.5. The van der Waals surface area contributed by atoms with Crippen LogP contribution < -0.4 is 0 Å². The van der Waals surface area contributed by atoms with Crippen molar-refractivity contribution in [3.63, 3.8) is 0 Å². The van der Waals surface area contributed by atoms with Crippen LogP contribution in [0.5, 0.6) is 0 Å². The molecule has 0 unspecified atom stereocenters. The average Bonchev–Trinajstić information content (AvgIpc) is 3.77. The summed E-state index contributed by atoms with van der Waals surface area (Å²) in [5.74, 6) is -1.98. The lowest BCUT2D eigenvalue weighted by Gasteiger charge is -2.36. The molecule has 4 heterocycles. The summed E-state index contributed by atoms with van der Waals surface area (Å²) in [6.07, 6.45) is 9.18. The minimum atomic E-state index is -0.577. The van der Waals surface area contributed by atoms with Gasteiger partial charge >= 0.3 is 0 Å². The first-order valence-corrected chi connectivity index (χ1v) is 18.1. The minimum absolute atomic E-state index is 0.0141. The van der Waals surface area contributed by atoms with Crippen molar-refractivity contribution in [2.75, 3.05) is 14.1 Å². The monoisotopic (exact) mass is 694 g/mol. The number of likely N-dealkylation sites (N-methyl/N-ethyl adjacent to an activating group) is 2. The van der Waals surface area contributed by atoms with Gasteiger partial charge in [-0.3, -0.25) is 29.0 Å². The molecule has 8 rings (SSSR count). The van der Waals surface area contributed by atoms with Gasteiger partial charge in [0.25, 0.3) is 23.6 Å². The maximum atomic E-state index is 13.1. The molecular formula is C40H30N4O4S2. The van der Waals surface area contributed by atoms with Crippen LogP contribution >= 0.6 is 22.7 Å². The summed E-state index contributed by atoms with van der Waals surface area (Å²) in [7, 11) is 2.81. The molecule has 4 aliphatic rings. The third-order valence-corrected chi connectivity index (χ3v) is 12.9. The summed E-state index contributed by atoms with van der Waals surface area (Å²) in [6, 6.07) is 17.3. The molecule has 1 saturated carbocycles. The van der Waals surface area contributed by atoms with Crippen LogP contribution in [-0.2, 0) is 24.6 Å². The molecule has 0 saturated heterocycles. The second-order valence-electron chi connectivity index (χ2n) is 13.5. The smallest absolute Gasteiger partial charge is 0.271 e. The van der Waals surface area contributed by atoms with Crippen molar-refractivity contribution in [3.8, 4) is 23.3 Å². The van der Waals surface area contributed by atoms with Gasteiger partial charge in [0.15, 0.2) is 0 Å². The first-order chi connectivity index (χ1) is 24.0. The third-order valence-electron chi connectivity index (χ3n) is 10.8. The number of rotatable bonds is 2. The second kappa shape index (κ2) is 11.3. The lowest BCUT2D eigenvalue weighted by molar-refractivity contribution is -0.140. The Balaban J connectivity index is 1.26. The number of nitriles is 2. The van der Waals surface area contributed by atoms with Gasteiger partial charge in [-0.05, 0) is 119 Å². The summed E-state index contributed by atoms with van der Waals surface area (Å²) in [5.41, 5.74) is 6.47. The molecule has 0 N–H and O–H groups in total. The molecule has 0 atom stereocenters. The molecule has 4 aromatic rings. The van der Waals surface area contributed by atoms with Crippen LogP contribution in [0.1, 0.15) is 66.8 Å². The largest absolute Gasteiger partial charge is 0.277 e. The Morgan fingerprint density at radius 3 is 1.46 bits per heavy atom. The van der Waals surface area contributed by atoms with Gasteiger partial charge in [0.2, 0.25) is 0 Å². The Morgan fingerprint density at radius 1 is 0.640 bits per heavy atom. The van der Waals surface area contributed by atoms with E-state index in [0.29, 0.717) is 22.3 Å². The van der Waals surface area contributed by atoms with Crippen LogP contribution in [0.4, 0.5) is 0 Å². The third kappa shape index (κ3) is 4.45. The van der Waals surface area contributed by atoms with E-state index >= 15 is 0 Å². The molecule has 1 fully saturated rings. The predicted molar refractivity (Wildman–Crippen MR) is 195 cm³/mol. The number of carbonyl (C=O) groups excluding carboxylic acids is 4. The number of carbonyl (C=O) groups is 4. The maximum Gasteiger partial charge on any atom is 0.271 e. The van der Waals surface area contributed by atoms with Crippen molar-refractivity contribution in [1.82, 2.24) is 9.80 Å². The number of hydrogen-bond donors (Lipinski definition) is 0. The van der Waals surface area contributed by atoms with Crippen molar-refractivity contribution in [1.29, 1.82) is 10.5 Å². The van der Waals surface area contributed by atoms with Crippen molar-refractivity contribution in [2.24, 2.45) is 0 Å². The zero-order valence-corrected chi connectivity index (χ0v) is 29.5. The Kier molecular flexibility index (Phi) is 7.20. The first kappa shape index (κ1) is 31.8. The van der Waals surface area contributed by atoms with E-state index < -0.39 is 23.6 Å². The summed E-state index contributed by atoms with van der Waals surface area (Å²) in [6.45, 7) is 3.31. The van der Waals surface area contributed by atoms with Crippen LogP contribution in [-0.4, -0.2) is 47.5 Å². The number of fused-ring (bicyclic) bond motifs is 7. The van der Waals surface area contributed by atoms with Crippen molar-refractivity contribution >= 4 is 78.6 Å². The minimum Gasteiger partial charge on any atom is -0.277 e. The van der Waals surface area contributed by atoms with Crippen molar-refractivity contribution < 1.29 is 19.2 Å². The molecule has 1 spiro atoms. The van der Waals surface area contributed by atoms with Gasteiger partial charge < -0.3 is 0 Å². The number of amides is 4. The second-order valence-corrected chi connectivity index (χ2v) is 15.7. The van der Waals surface area contributed by atoms with E-state index in [1.54, 1.807) is 48.7 Å². The fourth-order valence-electron chi connectivity index (χ4n) is 8.11. The lowest BCUT2D eigenvalue weighted by Crippen LogP contribution is -2.39. The predicted octanol–water partition coefficient (Wildman–Crippen LogP) is 7.79. The highest BCUT2D eigenvalue weighted by Crippen LogP contribution is 2.58. The van der Waals surface area contributed by atoms with Gasteiger partial charge in [-0.2, -0.15) is 10.5 Å². The number of imide groups is 2. The Morgan fingerprint density at radius 2 is 1.06 bits per heavy atom. The first-order valence-electron chi connectivity index (χ1n) is 16.4. The van der Waals surface area contributed by atoms with Crippen LogP contribution in [0.25, 0.3) is 43.5 Å². The maximum absolute atomic E-state index is 13.1. The number of nitrogens with zero attached hydrogens (tertiary/aromatic N) is 4. The zero-order valence-electron chi connectivity index (χ0n) is 27.9. The van der Waals surface area contributed by atoms with E-state index in [0.717, 1.165) is 65.4 Å². The topological polar surface area (TPSA) is 122 Å². The molecule has 10 heteroatoms. The molecule has 2 aromatic heterocycles. The molecule has 2 aliphatic heterocycles. The summed E-state index contributed by atoms with van der Waals surface area (Å²) < 4.78 is 2.18. The summed E-state index contributed by atoms with van der Waals surface area (Å²) in [4.78, 5) is 54.9. The van der Waals surface area contributed by atoms with Crippen molar-refractivity contribution in [2.45, 2.75) is 51.4 Å². The lowest BCUT2D eigenvalue weighted by atomic mass is 9.67. The van der Waals surface area contributed by atoms with E-state index in [-0.39, 0.29) is 16.6 Å². The van der Waals surface area contributed by atoms with Crippen molar-refractivity contribution in [3.05, 3.63) is 90.7 Å². The van der Waals surface area contributed by atoms with E-state index in [1.165, 1.54) is 42.8 Å². The summed E-state index contributed by atoms with van der Waals surface area (Å²) in [5, 5.41) is 21.4. The number of thiophene rings is 2. The van der Waals surface area contributed by atoms with Crippen LogP contribution in [0.15, 0.2) is 69.8 Å². The van der Waals surface area contributed by atoms with Crippen LogP contribution in [0.2, 0.25) is 0 Å². The number of benzene rings is 2. The molecule has 0 bridgehead atoms. The molecule has 246 valence electrons. The fraction of sp³-hybridized carbons (Fsp3) is 0.250. The Labute approximate surface area is 296 Å². The van der Waals surface area contributed by atoms with E-state index in [9.17, 15) is 29.7 Å². The fourth-order valence-corrected chi connectivity index (χ4v) is 10.2. The Hall–Kier alpha value is -5.42. The van der Waals surface area contributed by atoms with E-state index in [2.05, 4.69) is 36.4 Å². The standard InChI is InChI=1S/C40H30N4O4S2/c1-20-26(36(45)43(3)38(47)30(20)18-41)14-24-10-22-12-32-28(16-34(22)49-24)29-17-35-23(13-33(29)40(32)8-6-5-7-9-40)11-25(50-35)15-27-21(2)31(19-42)39(48)44(4)37(27)46/h10-17H,5-9H2,1-4H3/b26-14-,27-15+. The van der Waals surface area contributed by atoms with Gasteiger partial charge in [-0.15, -0.1) is 22.7 Å². The molecule has 4 amide bonds. The van der Waals surface area contributed by atoms with E-state index in [1.807, 2.05) is 12.1 Å². The van der Waals surface area contributed by atoms with Crippen LogP contribution in [0, 0.1) is 22.7 Å². The van der Waals surface area contributed by atoms with E-state index in [4.69, 9.17) is 0 Å². The van der Waals surface area contributed by atoms with Gasteiger partial charge in [-0.25, -0.2) is 0 Å². The quantitative estimate of drug-likeness (QED) is 0.156. The highest BCUT2D eigenvalue weighted by atomic mass is 32.1. The number of hydrogen-bond acceptors (Lipinski definition) is 8. The zero-order chi connectivity index (χ0) is 35.2. The molecule has 0 radical (unpaired) electrons. The van der Waals surface area contributed by atoms with Gasteiger partial charge in [-0.1, -0.05) is 19.3 Å². The molecule has 8 nitrogen and oxygen atoms in total. The molecule has 50 heavy (non-hydrogen) atoms. The SMILES string of the molecule is CC1=C(C#N)C(=O)N(C)C(=O)/C1=C\c1cc2cc3c(cc2s1)-c1cc2sc(/C=C4/C(=O)N(C)C(=O)C(C#N)=C4C)cc2cc1C31CCCCC1. The van der Waals surface area contributed by atoms with Crippen LogP contribution in [0.3, 0.4) is 0 Å². The summed E-state index contributed by atoms with van der Waals surface area (Å²) >= 11 is 3.16. The Bertz CT molecular complexity index is 2350. The average molecular weight is 695 g/mol. The molecule has 2 aromatic carbocycles. The van der Waals surface area contributed by atoms with Gasteiger partial charge in [0.1, 0.15) is 23.3 Å². The highest BCUT2D eigenvalue weighted by molar-refractivity contribution is 7.20. The molecule has 2 aliphatic carbocycles. The highest BCUT2D eigenvalue weighted by Gasteiger charge is 2.44. The molecular weight excluding hydrogens is 665 g/mol. The van der Waals surface area contributed by atoms with Gasteiger partial charge in [0, 0.05) is 49.8 Å².